The zero-order valence-corrected chi connectivity index (χ0v) is 7.97. The summed E-state index contributed by atoms with van der Waals surface area (Å²) in [5.74, 6) is 0. The highest BCUT2D eigenvalue weighted by Crippen LogP contribution is 2.30. The van der Waals surface area contributed by atoms with Crippen LogP contribution in [-0.2, 0) is 19.4 Å². The zero-order valence-electron chi connectivity index (χ0n) is 7.16. The summed E-state index contributed by atoms with van der Waals surface area (Å²) in [4.78, 5) is 6.84. The summed E-state index contributed by atoms with van der Waals surface area (Å²) < 4.78 is 2.14. The Balaban J connectivity index is 2.27. The van der Waals surface area contributed by atoms with Crippen LogP contribution in [-0.4, -0.2) is 14.5 Å². The smallest absolute Gasteiger partial charge is 0.194 e. The molecule has 1 aliphatic rings. The molecular weight excluding hydrogens is 184 g/mol. The van der Waals surface area contributed by atoms with Crippen LogP contribution >= 0.6 is 11.3 Å². The summed E-state index contributed by atoms with van der Waals surface area (Å²) >= 11 is 1.76. The van der Waals surface area contributed by atoms with Gasteiger partial charge in [0.1, 0.15) is 0 Å². The Hall–Kier alpha value is -0.870. The number of rotatable bonds is 1. The minimum Gasteiger partial charge on any atom is -0.390 e. The summed E-state index contributed by atoms with van der Waals surface area (Å²) in [6.45, 7) is 0.0448. The lowest BCUT2D eigenvalue weighted by Gasteiger charge is -1.89. The molecule has 0 amide bonds. The quantitative estimate of drug-likeness (QED) is 0.744. The molecule has 0 aromatic carbocycles. The molecule has 0 atom stereocenters. The molecule has 0 fully saturated rings. The highest BCUT2D eigenvalue weighted by atomic mass is 32.1. The van der Waals surface area contributed by atoms with Gasteiger partial charge in [-0.25, -0.2) is 4.98 Å². The zero-order chi connectivity index (χ0) is 8.84. The molecule has 0 radical (unpaired) electrons. The number of hydrogen-bond acceptors (Lipinski definition) is 3. The highest BCUT2D eigenvalue weighted by molar-refractivity contribution is 7.17. The number of aliphatic hydroxyl groups excluding tert-OH is 1. The molecule has 3 rings (SSSR count). The molecule has 0 saturated heterocycles. The molecule has 1 aliphatic carbocycles. The van der Waals surface area contributed by atoms with Crippen molar-refractivity contribution in [3.63, 3.8) is 0 Å². The lowest BCUT2D eigenvalue weighted by Crippen LogP contribution is -1.85. The third kappa shape index (κ3) is 0.957. The number of nitrogens with zero attached hydrogens (tertiary/aromatic N) is 2. The second-order valence-corrected chi connectivity index (χ2v) is 4.43. The lowest BCUT2D eigenvalue weighted by atomic mass is 10.4. The minimum absolute atomic E-state index is 0.0448. The predicted molar refractivity (Wildman–Crippen MR) is 51.0 cm³/mol. The molecule has 13 heavy (non-hydrogen) atoms. The molecule has 2 aromatic rings. The Bertz CT molecular complexity index is 457. The number of fused-ring (bicyclic) bond motifs is 3. The minimum atomic E-state index is 0.0448. The first-order chi connectivity index (χ1) is 6.38. The van der Waals surface area contributed by atoms with Crippen molar-refractivity contribution in [2.75, 3.05) is 0 Å². The highest BCUT2D eigenvalue weighted by Gasteiger charge is 2.18. The number of aromatic nitrogens is 2. The molecule has 0 saturated carbocycles. The van der Waals surface area contributed by atoms with Crippen molar-refractivity contribution in [2.24, 2.45) is 0 Å². The molecule has 2 aromatic heterocycles. The summed E-state index contributed by atoms with van der Waals surface area (Å²) in [5, 5.41) is 8.93. The van der Waals surface area contributed by atoms with E-state index in [0.717, 1.165) is 17.1 Å². The van der Waals surface area contributed by atoms with Gasteiger partial charge in [-0.05, 0) is 19.3 Å². The molecular formula is C9H10N2OS. The van der Waals surface area contributed by atoms with Crippen LogP contribution in [0, 0.1) is 0 Å². The van der Waals surface area contributed by atoms with Gasteiger partial charge in [0.2, 0.25) is 0 Å². The largest absolute Gasteiger partial charge is 0.390 e. The van der Waals surface area contributed by atoms with Crippen LogP contribution in [0.5, 0.6) is 0 Å². The van der Waals surface area contributed by atoms with Gasteiger partial charge < -0.3 is 5.11 Å². The molecule has 68 valence electrons. The van der Waals surface area contributed by atoms with Gasteiger partial charge >= 0.3 is 0 Å². The molecule has 4 heteroatoms. The maximum absolute atomic E-state index is 8.93. The van der Waals surface area contributed by atoms with Crippen LogP contribution in [0.15, 0.2) is 6.20 Å². The Morgan fingerprint density at radius 1 is 1.54 bits per heavy atom. The second kappa shape index (κ2) is 2.56. The van der Waals surface area contributed by atoms with E-state index in [1.54, 1.807) is 11.3 Å². The van der Waals surface area contributed by atoms with E-state index in [1.165, 1.54) is 23.4 Å². The molecule has 0 bridgehead atoms. The summed E-state index contributed by atoms with van der Waals surface area (Å²) in [7, 11) is 0. The number of hydrogen-bond donors (Lipinski definition) is 1. The van der Waals surface area contributed by atoms with Crippen LogP contribution in [0.25, 0.3) is 4.96 Å². The van der Waals surface area contributed by atoms with Gasteiger partial charge in [-0.15, -0.1) is 11.3 Å². The van der Waals surface area contributed by atoms with Gasteiger partial charge in [0.15, 0.2) is 4.96 Å². The summed E-state index contributed by atoms with van der Waals surface area (Å²) in [6.07, 6.45) is 5.59. The molecule has 0 aliphatic heterocycles. The normalized spacial score (nSPS) is 15.5. The summed E-state index contributed by atoms with van der Waals surface area (Å²) in [5.41, 5.74) is 2.19. The number of thiazole rings is 1. The standard InChI is InChI=1S/C9H10N2OS/c12-5-6-4-11-7-2-1-3-8(7)13-9(11)10-6/h4,12H,1-3,5H2. The molecule has 0 spiro atoms. The number of imidazole rings is 1. The van der Waals surface area contributed by atoms with Crippen LogP contribution in [0.2, 0.25) is 0 Å². The molecule has 2 heterocycles. The van der Waals surface area contributed by atoms with Gasteiger partial charge in [-0.1, -0.05) is 0 Å². The van der Waals surface area contributed by atoms with Gasteiger partial charge in [0, 0.05) is 16.8 Å². The van der Waals surface area contributed by atoms with Crippen molar-refractivity contribution in [2.45, 2.75) is 25.9 Å². The van der Waals surface area contributed by atoms with Gasteiger partial charge in [0.25, 0.3) is 0 Å². The third-order valence-electron chi connectivity index (χ3n) is 2.53. The van der Waals surface area contributed by atoms with E-state index in [2.05, 4.69) is 9.38 Å². The Morgan fingerprint density at radius 2 is 2.46 bits per heavy atom. The topological polar surface area (TPSA) is 37.5 Å². The van der Waals surface area contributed by atoms with Crippen molar-refractivity contribution in [3.05, 3.63) is 22.5 Å². The van der Waals surface area contributed by atoms with Crippen LogP contribution in [0.4, 0.5) is 0 Å². The van der Waals surface area contributed by atoms with Gasteiger partial charge in [0.05, 0.1) is 12.3 Å². The SMILES string of the molecule is OCc1cn2c3c(sc2n1)CCC3. The molecule has 0 unspecified atom stereocenters. The van der Waals surface area contributed by atoms with Crippen molar-refractivity contribution in [1.82, 2.24) is 9.38 Å². The predicted octanol–water partition coefficient (Wildman–Crippen LogP) is 1.38. The maximum Gasteiger partial charge on any atom is 0.194 e. The third-order valence-corrected chi connectivity index (χ3v) is 3.69. The fourth-order valence-corrected chi connectivity index (χ4v) is 3.14. The Kier molecular flexibility index (Phi) is 1.48. The van der Waals surface area contributed by atoms with Crippen LogP contribution in [0.3, 0.4) is 0 Å². The van der Waals surface area contributed by atoms with Crippen LogP contribution < -0.4 is 0 Å². The average molecular weight is 194 g/mol. The first-order valence-corrected chi connectivity index (χ1v) is 5.29. The van der Waals surface area contributed by atoms with Crippen molar-refractivity contribution >= 4 is 16.3 Å². The van der Waals surface area contributed by atoms with E-state index in [4.69, 9.17) is 5.11 Å². The van der Waals surface area contributed by atoms with Crippen molar-refractivity contribution < 1.29 is 5.11 Å². The van der Waals surface area contributed by atoms with Crippen molar-refractivity contribution in [1.29, 1.82) is 0 Å². The van der Waals surface area contributed by atoms with E-state index in [-0.39, 0.29) is 6.61 Å². The second-order valence-electron chi connectivity index (χ2n) is 3.37. The molecule has 1 N–H and O–H groups in total. The first-order valence-electron chi connectivity index (χ1n) is 4.48. The maximum atomic E-state index is 8.93. The lowest BCUT2D eigenvalue weighted by molar-refractivity contribution is 0.277. The van der Waals surface area contributed by atoms with Crippen LogP contribution in [0.1, 0.15) is 22.7 Å². The van der Waals surface area contributed by atoms with E-state index < -0.39 is 0 Å². The number of aliphatic hydroxyl groups is 1. The average Bonchev–Trinajstić information content (AvgIpc) is 2.72. The Morgan fingerprint density at radius 3 is 3.31 bits per heavy atom. The van der Waals surface area contributed by atoms with E-state index in [9.17, 15) is 0 Å². The monoisotopic (exact) mass is 194 g/mol. The van der Waals surface area contributed by atoms with E-state index in [1.807, 2.05) is 6.20 Å². The van der Waals surface area contributed by atoms with E-state index in [0.29, 0.717) is 0 Å². The van der Waals surface area contributed by atoms with Crippen molar-refractivity contribution in [3.8, 4) is 0 Å². The fraction of sp³-hybridized carbons (Fsp3) is 0.444. The number of aryl methyl sites for hydroxylation is 2. The van der Waals surface area contributed by atoms with E-state index >= 15 is 0 Å². The summed E-state index contributed by atoms with van der Waals surface area (Å²) in [6, 6.07) is 0. The fourth-order valence-electron chi connectivity index (χ4n) is 1.93. The van der Waals surface area contributed by atoms with Gasteiger partial charge in [-0.2, -0.15) is 0 Å². The van der Waals surface area contributed by atoms with Gasteiger partial charge in [-0.3, -0.25) is 4.40 Å². The first kappa shape index (κ1) is 7.53. The Labute approximate surface area is 79.7 Å². The molecule has 3 nitrogen and oxygen atoms in total.